The summed E-state index contributed by atoms with van der Waals surface area (Å²) < 4.78 is 31.2. The van der Waals surface area contributed by atoms with Crippen LogP contribution in [0.15, 0.2) is 54.6 Å². The second kappa shape index (κ2) is 5.42. The van der Waals surface area contributed by atoms with Gasteiger partial charge in [0.2, 0.25) is 0 Å². The van der Waals surface area contributed by atoms with Crippen molar-refractivity contribution in [1.82, 2.24) is 4.98 Å². The Bertz CT molecular complexity index is 1030. The molecule has 0 saturated heterocycles. The second-order valence-electron chi connectivity index (χ2n) is 4.20. The lowest BCUT2D eigenvalue weighted by Gasteiger charge is -2.11. The van der Waals surface area contributed by atoms with Gasteiger partial charge < -0.3 is 10.4 Å². The number of hydrogen-bond acceptors (Lipinski definition) is 3. The van der Waals surface area contributed by atoms with Gasteiger partial charge in [0.25, 0.3) is 0 Å². The number of halogens is 1. The molecule has 3 aromatic rings. The third-order valence-corrected chi connectivity index (χ3v) is 3.10. The van der Waals surface area contributed by atoms with E-state index in [1.54, 1.807) is 24.3 Å². The smallest absolute Gasteiger partial charge is 0.337 e. The molecule has 1 aromatic heterocycles. The Kier molecular flexibility index (Phi) is 2.42. The topological polar surface area (TPSA) is 62.2 Å². The van der Waals surface area contributed by atoms with Crippen LogP contribution in [0.25, 0.3) is 10.9 Å². The number of nitrogens with zero attached hydrogens (tertiary/aromatic N) is 1. The van der Waals surface area contributed by atoms with Crippen LogP contribution in [0, 0.1) is 0 Å². The molecule has 2 aromatic carbocycles. The monoisotopic (exact) mass is 302 g/mol. The largest absolute Gasteiger partial charge is 0.478 e. The van der Waals surface area contributed by atoms with E-state index in [9.17, 15) is 9.90 Å². The predicted octanol–water partition coefficient (Wildman–Crippen LogP) is 4.33. The van der Waals surface area contributed by atoms with Gasteiger partial charge in [-0.1, -0.05) is 23.7 Å². The number of hydrogen-bond donors (Lipinski definition) is 2. The van der Waals surface area contributed by atoms with E-state index in [0.717, 1.165) is 0 Å². The second-order valence-corrected chi connectivity index (χ2v) is 4.64. The molecule has 1 heterocycles. The number of pyridine rings is 1. The van der Waals surface area contributed by atoms with Gasteiger partial charge in [-0.05, 0) is 36.4 Å². The van der Waals surface area contributed by atoms with E-state index in [1.807, 2.05) is 0 Å². The fourth-order valence-corrected chi connectivity index (χ4v) is 2.10. The molecule has 0 spiro atoms. The highest BCUT2D eigenvalue weighted by atomic mass is 35.5. The van der Waals surface area contributed by atoms with E-state index < -0.39 is 35.7 Å². The number of carbonyl (C=O) groups is 1. The third-order valence-electron chi connectivity index (χ3n) is 2.87. The molecule has 0 aliphatic heterocycles. The minimum absolute atomic E-state index is 0.207. The SMILES string of the molecule is [2H]c1c([2H])c([2H])c(C(=O)O)c(Nc2ccnc3cc(Cl)ccc23)c1[2H]. The first-order valence-electron chi connectivity index (χ1n) is 7.96. The summed E-state index contributed by atoms with van der Waals surface area (Å²) in [5.41, 5.74) is 0.287. The Balaban J connectivity index is 2.24. The first kappa shape index (κ1) is 9.37. The van der Waals surface area contributed by atoms with Crippen molar-refractivity contribution in [3.05, 3.63) is 65.2 Å². The summed E-state index contributed by atoms with van der Waals surface area (Å²) in [5.74, 6) is -1.45. The lowest BCUT2D eigenvalue weighted by molar-refractivity contribution is 0.0698. The maximum absolute atomic E-state index is 11.5. The van der Waals surface area contributed by atoms with Crippen LogP contribution < -0.4 is 5.32 Å². The molecule has 3 rings (SSSR count). The molecule has 0 aliphatic carbocycles. The van der Waals surface area contributed by atoms with Crippen molar-refractivity contribution in [2.45, 2.75) is 0 Å². The Morgan fingerprint density at radius 1 is 1.24 bits per heavy atom. The van der Waals surface area contributed by atoms with Gasteiger partial charge in [-0.2, -0.15) is 0 Å². The first-order valence-corrected chi connectivity index (χ1v) is 6.34. The van der Waals surface area contributed by atoms with Crippen molar-refractivity contribution in [1.29, 1.82) is 0 Å². The van der Waals surface area contributed by atoms with Crippen LogP contribution in [-0.4, -0.2) is 16.1 Å². The van der Waals surface area contributed by atoms with Gasteiger partial charge in [0, 0.05) is 22.3 Å². The first-order chi connectivity index (χ1) is 11.8. The van der Waals surface area contributed by atoms with Crippen LogP contribution >= 0.6 is 11.6 Å². The van der Waals surface area contributed by atoms with Gasteiger partial charge in [-0.3, -0.25) is 4.98 Å². The molecule has 5 heteroatoms. The van der Waals surface area contributed by atoms with Crippen LogP contribution in [0.4, 0.5) is 11.4 Å². The quantitative estimate of drug-likeness (QED) is 0.756. The maximum atomic E-state index is 11.5. The zero-order valence-electron chi connectivity index (χ0n) is 14.6. The molecule has 2 N–H and O–H groups in total. The summed E-state index contributed by atoms with van der Waals surface area (Å²) in [6.07, 6.45) is 1.49. The van der Waals surface area contributed by atoms with Crippen LogP contribution in [0.3, 0.4) is 0 Å². The Labute approximate surface area is 131 Å². The average molecular weight is 303 g/mol. The highest BCUT2D eigenvalue weighted by Crippen LogP contribution is 2.28. The van der Waals surface area contributed by atoms with Crippen molar-refractivity contribution in [2.24, 2.45) is 0 Å². The summed E-state index contributed by atoms with van der Waals surface area (Å²) in [6.45, 7) is 0. The van der Waals surface area contributed by atoms with Gasteiger partial charge in [-0.25, -0.2) is 4.79 Å². The summed E-state index contributed by atoms with van der Waals surface area (Å²) in [4.78, 5) is 15.7. The van der Waals surface area contributed by atoms with Crippen molar-refractivity contribution in [3.63, 3.8) is 0 Å². The van der Waals surface area contributed by atoms with E-state index in [1.165, 1.54) is 6.20 Å². The van der Waals surface area contributed by atoms with E-state index in [-0.39, 0.29) is 5.69 Å². The maximum Gasteiger partial charge on any atom is 0.337 e. The number of nitrogens with one attached hydrogen (secondary N) is 1. The molecular weight excluding hydrogens is 288 g/mol. The number of rotatable bonds is 3. The van der Waals surface area contributed by atoms with Crippen molar-refractivity contribution in [2.75, 3.05) is 5.32 Å². The third kappa shape index (κ3) is 2.66. The molecule has 0 aliphatic rings. The normalized spacial score (nSPS) is 13.2. The van der Waals surface area contributed by atoms with Gasteiger partial charge in [-0.15, -0.1) is 0 Å². The fourth-order valence-electron chi connectivity index (χ4n) is 1.93. The minimum Gasteiger partial charge on any atom is -0.478 e. The van der Waals surface area contributed by atoms with Crippen molar-refractivity contribution >= 4 is 39.8 Å². The van der Waals surface area contributed by atoms with Gasteiger partial charge in [0.05, 0.1) is 22.3 Å². The number of carboxylic acids is 1. The summed E-state index contributed by atoms with van der Waals surface area (Å²) in [7, 11) is 0. The number of anilines is 2. The number of benzene rings is 2. The molecule has 0 saturated carbocycles. The van der Waals surface area contributed by atoms with Crippen LogP contribution in [0.5, 0.6) is 0 Å². The van der Waals surface area contributed by atoms with Crippen LogP contribution in [0.2, 0.25) is 5.02 Å². The van der Waals surface area contributed by atoms with Crippen LogP contribution in [0.1, 0.15) is 15.8 Å². The lowest BCUT2D eigenvalue weighted by atomic mass is 10.1. The lowest BCUT2D eigenvalue weighted by Crippen LogP contribution is -2.02. The number of fused-ring (bicyclic) bond motifs is 1. The number of aromatic nitrogens is 1. The molecule has 0 fully saturated rings. The number of carboxylic acid groups (broad SMARTS) is 1. The highest BCUT2D eigenvalue weighted by molar-refractivity contribution is 6.31. The van der Waals surface area contributed by atoms with Gasteiger partial charge in [0.15, 0.2) is 0 Å². The van der Waals surface area contributed by atoms with E-state index in [4.69, 9.17) is 17.1 Å². The molecule has 21 heavy (non-hydrogen) atoms. The Morgan fingerprint density at radius 3 is 2.86 bits per heavy atom. The fraction of sp³-hybridized carbons (Fsp3) is 0. The minimum atomic E-state index is -1.45. The van der Waals surface area contributed by atoms with Gasteiger partial charge in [0.1, 0.15) is 0 Å². The molecule has 0 atom stereocenters. The zero-order chi connectivity index (χ0) is 18.3. The zero-order valence-corrected chi connectivity index (χ0v) is 11.3. The van der Waals surface area contributed by atoms with Gasteiger partial charge >= 0.3 is 5.97 Å². The Morgan fingerprint density at radius 2 is 2.05 bits per heavy atom. The average Bonchev–Trinajstić information content (AvgIpc) is 2.57. The van der Waals surface area contributed by atoms with E-state index in [0.29, 0.717) is 21.6 Å². The molecule has 104 valence electrons. The molecule has 0 bridgehead atoms. The van der Waals surface area contributed by atoms with E-state index >= 15 is 0 Å². The summed E-state index contributed by atoms with van der Waals surface area (Å²) in [5, 5.41) is 13.3. The standard InChI is InChI=1S/C16H11ClN2O2/c17-10-5-6-11-14(7-8-18-15(11)9-10)19-13-4-2-1-3-12(13)16(20)21/h1-9H,(H,18,19)(H,20,21)/i1D,2D,3D,4D. The van der Waals surface area contributed by atoms with Crippen molar-refractivity contribution < 1.29 is 15.4 Å². The Hall–Kier alpha value is -2.59. The van der Waals surface area contributed by atoms with E-state index in [2.05, 4.69) is 10.3 Å². The molecular formula is C16H11ClN2O2. The predicted molar refractivity (Wildman–Crippen MR) is 83.4 cm³/mol. The molecule has 4 nitrogen and oxygen atoms in total. The molecule has 0 amide bonds. The molecule has 0 radical (unpaired) electrons. The number of para-hydroxylation sites is 1. The highest BCUT2D eigenvalue weighted by Gasteiger charge is 2.10. The van der Waals surface area contributed by atoms with Crippen LogP contribution in [-0.2, 0) is 0 Å². The summed E-state index contributed by atoms with van der Waals surface area (Å²) >= 11 is 5.94. The molecule has 0 unspecified atom stereocenters. The number of aromatic carboxylic acids is 1. The van der Waals surface area contributed by atoms with Crippen molar-refractivity contribution in [3.8, 4) is 0 Å². The summed E-state index contributed by atoms with van der Waals surface area (Å²) in [6, 6.07) is 4.38.